The van der Waals surface area contributed by atoms with Gasteiger partial charge in [0.1, 0.15) is 12.7 Å². The van der Waals surface area contributed by atoms with Crippen molar-refractivity contribution in [1.82, 2.24) is 9.78 Å². The molecule has 1 saturated carbocycles. The SMILES string of the molecule is FC(F)(F)Cn1n[c]c(Cl)c1C1CC1. The van der Waals surface area contributed by atoms with Crippen LogP contribution in [0.1, 0.15) is 24.5 Å². The van der Waals surface area contributed by atoms with Gasteiger partial charge in [-0.3, -0.25) is 4.68 Å². The summed E-state index contributed by atoms with van der Waals surface area (Å²) in [5, 5.41) is 3.72. The molecule has 1 aromatic heterocycles. The van der Waals surface area contributed by atoms with Crippen LogP contribution in [-0.2, 0) is 6.54 Å². The first-order chi connectivity index (χ1) is 6.47. The molecular weight excluding hydrogens is 217 g/mol. The van der Waals surface area contributed by atoms with Gasteiger partial charge in [0.05, 0.1) is 10.7 Å². The van der Waals surface area contributed by atoms with E-state index in [1.165, 1.54) is 0 Å². The predicted molar refractivity (Wildman–Crippen MR) is 44.1 cm³/mol. The van der Waals surface area contributed by atoms with Crippen LogP contribution in [0.4, 0.5) is 13.2 Å². The first-order valence-electron chi connectivity index (χ1n) is 4.18. The van der Waals surface area contributed by atoms with E-state index in [2.05, 4.69) is 11.3 Å². The average molecular weight is 224 g/mol. The lowest BCUT2D eigenvalue weighted by atomic mass is 10.3. The van der Waals surface area contributed by atoms with E-state index in [1.807, 2.05) is 0 Å². The van der Waals surface area contributed by atoms with Crippen molar-refractivity contribution < 1.29 is 13.2 Å². The fourth-order valence-electron chi connectivity index (χ4n) is 1.37. The second-order valence-electron chi connectivity index (χ2n) is 3.36. The van der Waals surface area contributed by atoms with E-state index in [4.69, 9.17) is 11.6 Å². The Labute approximate surface area is 83.7 Å². The van der Waals surface area contributed by atoms with Gasteiger partial charge in [-0.1, -0.05) is 11.6 Å². The molecule has 0 saturated heterocycles. The van der Waals surface area contributed by atoms with Crippen LogP contribution in [0.3, 0.4) is 0 Å². The molecular formula is C8H7ClF3N2. The molecule has 1 aliphatic carbocycles. The average Bonchev–Trinajstić information content (AvgIpc) is 2.77. The Morgan fingerprint density at radius 3 is 2.64 bits per heavy atom. The largest absolute Gasteiger partial charge is 0.408 e. The van der Waals surface area contributed by atoms with Gasteiger partial charge in [0.25, 0.3) is 0 Å². The molecule has 2 rings (SSSR count). The van der Waals surface area contributed by atoms with Crippen molar-refractivity contribution in [2.75, 3.05) is 0 Å². The maximum Gasteiger partial charge on any atom is 0.408 e. The summed E-state index contributed by atoms with van der Waals surface area (Å²) in [6.45, 7) is -1.08. The van der Waals surface area contributed by atoms with Crippen molar-refractivity contribution in [3.8, 4) is 0 Å². The number of hydrogen-bond donors (Lipinski definition) is 0. The molecule has 77 valence electrons. The number of rotatable bonds is 2. The lowest BCUT2D eigenvalue weighted by Crippen LogP contribution is -2.20. The molecule has 0 aromatic carbocycles. The van der Waals surface area contributed by atoms with Crippen LogP contribution in [0.5, 0.6) is 0 Å². The lowest BCUT2D eigenvalue weighted by Gasteiger charge is -2.09. The fraction of sp³-hybridized carbons (Fsp3) is 0.625. The molecule has 0 atom stereocenters. The normalized spacial score (nSPS) is 17.4. The van der Waals surface area contributed by atoms with Crippen LogP contribution in [0.2, 0.25) is 5.02 Å². The summed E-state index contributed by atoms with van der Waals surface area (Å²) < 4.78 is 37.2. The molecule has 6 heteroatoms. The van der Waals surface area contributed by atoms with Gasteiger partial charge in [-0.2, -0.15) is 18.3 Å². The Morgan fingerprint density at radius 1 is 1.50 bits per heavy atom. The van der Waals surface area contributed by atoms with E-state index >= 15 is 0 Å². The molecule has 2 nitrogen and oxygen atoms in total. The Kier molecular flexibility index (Phi) is 2.21. The highest BCUT2D eigenvalue weighted by Crippen LogP contribution is 2.43. The molecule has 0 N–H and O–H groups in total. The predicted octanol–water partition coefficient (Wildman–Crippen LogP) is 2.78. The highest BCUT2D eigenvalue weighted by Gasteiger charge is 2.35. The maximum absolute atomic E-state index is 12.1. The third-order valence-electron chi connectivity index (χ3n) is 2.06. The molecule has 0 unspecified atom stereocenters. The third kappa shape index (κ3) is 2.03. The lowest BCUT2D eigenvalue weighted by molar-refractivity contribution is -0.143. The van der Waals surface area contributed by atoms with Gasteiger partial charge in [0.15, 0.2) is 0 Å². The molecule has 1 radical (unpaired) electrons. The van der Waals surface area contributed by atoms with Crippen LogP contribution in [-0.4, -0.2) is 16.0 Å². The minimum atomic E-state index is -4.26. The van der Waals surface area contributed by atoms with Crippen molar-refractivity contribution in [1.29, 1.82) is 0 Å². The third-order valence-corrected chi connectivity index (χ3v) is 2.34. The van der Waals surface area contributed by atoms with Crippen molar-refractivity contribution in [2.24, 2.45) is 0 Å². The van der Waals surface area contributed by atoms with E-state index in [9.17, 15) is 13.2 Å². The van der Waals surface area contributed by atoms with Gasteiger partial charge in [0, 0.05) is 5.92 Å². The van der Waals surface area contributed by atoms with Gasteiger partial charge in [0.2, 0.25) is 0 Å². The highest BCUT2D eigenvalue weighted by atomic mass is 35.5. The highest BCUT2D eigenvalue weighted by molar-refractivity contribution is 6.31. The van der Waals surface area contributed by atoms with Gasteiger partial charge < -0.3 is 0 Å². The van der Waals surface area contributed by atoms with Crippen LogP contribution >= 0.6 is 11.6 Å². The number of alkyl halides is 3. The Balaban J connectivity index is 2.24. The zero-order valence-corrected chi connectivity index (χ0v) is 7.86. The van der Waals surface area contributed by atoms with Gasteiger partial charge >= 0.3 is 6.18 Å². The Bertz CT molecular complexity index is 341. The Hall–Kier alpha value is -0.710. The molecule has 1 fully saturated rings. The summed E-state index contributed by atoms with van der Waals surface area (Å²) in [5.41, 5.74) is 0.476. The minimum Gasteiger partial charge on any atom is -0.258 e. The second-order valence-corrected chi connectivity index (χ2v) is 3.74. The van der Waals surface area contributed by atoms with E-state index in [1.54, 1.807) is 0 Å². The van der Waals surface area contributed by atoms with Gasteiger partial charge in [-0.15, -0.1) is 0 Å². The van der Waals surface area contributed by atoms with E-state index in [-0.39, 0.29) is 10.9 Å². The van der Waals surface area contributed by atoms with Gasteiger partial charge in [-0.25, -0.2) is 0 Å². The molecule has 0 amide bonds. The van der Waals surface area contributed by atoms with Crippen molar-refractivity contribution >= 4 is 11.6 Å². The molecule has 0 aliphatic heterocycles. The van der Waals surface area contributed by atoms with Crippen LogP contribution in [0.25, 0.3) is 0 Å². The van der Waals surface area contributed by atoms with Crippen molar-refractivity contribution in [2.45, 2.75) is 31.5 Å². The number of halogens is 4. The van der Waals surface area contributed by atoms with Crippen LogP contribution in [0, 0.1) is 6.20 Å². The first kappa shape index (κ1) is 9.83. The quantitative estimate of drug-likeness (QED) is 0.754. The zero-order valence-electron chi connectivity index (χ0n) is 7.10. The summed E-state index contributed by atoms with van der Waals surface area (Å²) in [5.74, 6) is 0.142. The molecule has 0 spiro atoms. The number of aromatic nitrogens is 2. The monoisotopic (exact) mass is 223 g/mol. The Morgan fingerprint density at radius 2 is 2.14 bits per heavy atom. The van der Waals surface area contributed by atoms with E-state index in [0.717, 1.165) is 17.5 Å². The fourth-order valence-corrected chi connectivity index (χ4v) is 1.66. The van der Waals surface area contributed by atoms with Crippen molar-refractivity contribution in [3.05, 3.63) is 16.9 Å². The number of hydrogen-bond acceptors (Lipinski definition) is 1. The summed E-state index contributed by atoms with van der Waals surface area (Å²) >= 11 is 5.70. The number of nitrogens with zero attached hydrogens (tertiary/aromatic N) is 2. The maximum atomic E-state index is 12.1. The molecule has 0 bridgehead atoms. The molecule has 14 heavy (non-hydrogen) atoms. The van der Waals surface area contributed by atoms with Crippen LogP contribution < -0.4 is 0 Å². The van der Waals surface area contributed by atoms with E-state index < -0.39 is 12.7 Å². The topological polar surface area (TPSA) is 17.8 Å². The second kappa shape index (κ2) is 3.15. The van der Waals surface area contributed by atoms with Gasteiger partial charge in [-0.05, 0) is 12.8 Å². The van der Waals surface area contributed by atoms with E-state index in [0.29, 0.717) is 5.69 Å². The molecule has 1 aliphatic rings. The first-order valence-corrected chi connectivity index (χ1v) is 4.56. The molecule has 1 aromatic rings. The molecule has 1 heterocycles. The van der Waals surface area contributed by atoms with Crippen LogP contribution in [0.15, 0.2) is 0 Å². The summed E-state index contributed by atoms with van der Waals surface area (Å²) in [4.78, 5) is 0. The smallest absolute Gasteiger partial charge is 0.258 e. The van der Waals surface area contributed by atoms with Crippen molar-refractivity contribution in [3.63, 3.8) is 0 Å². The standard InChI is InChI=1S/C8H7ClF3N2/c9-6-3-13-14(4-8(10,11)12)7(6)5-1-2-5/h5H,1-2,4H2. The minimum absolute atomic E-state index is 0.142. The summed E-state index contributed by atoms with van der Waals surface area (Å²) in [6, 6.07) is 0. The summed E-state index contributed by atoms with van der Waals surface area (Å²) in [7, 11) is 0. The zero-order chi connectivity index (χ0) is 10.3. The summed E-state index contributed by atoms with van der Waals surface area (Å²) in [6.07, 6.45) is -0.126.